The fourth-order valence-electron chi connectivity index (χ4n) is 2.52. The van der Waals surface area contributed by atoms with Crippen molar-refractivity contribution >= 4 is 45.0 Å². The number of anilines is 1. The molecule has 25 heavy (non-hydrogen) atoms. The molecular weight excluding hydrogens is 360 g/mol. The number of hydrogen-bond donors (Lipinski definition) is 0. The molecule has 0 atom stereocenters. The number of rotatable bonds is 5. The van der Waals surface area contributed by atoms with Gasteiger partial charge >= 0.3 is 0 Å². The molecule has 2 heterocycles. The predicted octanol–water partition coefficient (Wildman–Crippen LogP) is 3.53. The third kappa shape index (κ3) is 4.18. The lowest BCUT2D eigenvalue weighted by molar-refractivity contribution is 0.0949. The topological polar surface area (TPSA) is 62.5 Å². The molecule has 0 radical (unpaired) electrons. The molecule has 1 amide bonds. The summed E-state index contributed by atoms with van der Waals surface area (Å²) in [5, 5.41) is 4.32. The number of benzene rings is 1. The van der Waals surface area contributed by atoms with Crippen LogP contribution >= 0.6 is 23.7 Å². The first-order valence-electron chi connectivity index (χ1n) is 7.71. The number of aryl methyl sites for hydroxylation is 2. The minimum absolute atomic E-state index is 0. The van der Waals surface area contributed by atoms with Gasteiger partial charge in [-0.2, -0.15) is 0 Å². The van der Waals surface area contributed by atoms with Gasteiger partial charge in [0, 0.05) is 19.2 Å². The van der Waals surface area contributed by atoms with Gasteiger partial charge in [-0.05, 0) is 45.1 Å². The van der Waals surface area contributed by atoms with Crippen LogP contribution in [0.2, 0.25) is 0 Å². The van der Waals surface area contributed by atoms with Gasteiger partial charge in [-0.25, -0.2) is 4.98 Å². The quantitative estimate of drug-likeness (QED) is 0.677. The van der Waals surface area contributed by atoms with Crippen molar-refractivity contribution in [2.45, 2.75) is 13.8 Å². The van der Waals surface area contributed by atoms with E-state index in [1.807, 2.05) is 25.9 Å². The van der Waals surface area contributed by atoms with Gasteiger partial charge in [-0.3, -0.25) is 9.69 Å². The molecule has 6 nitrogen and oxygen atoms in total. The van der Waals surface area contributed by atoms with Crippen molar-refractivity contribution < 1.29 is 9.32 Å². The minimum atomic E-state index is -0.220. The average Bonchev–Trinajstić information content (AvgIpc) is 3.16. The zero-order chi connectivity index (χ0) is 17.3. The van der Waals surface area contributed by atoms with E-state index < -0.39 is 0 Å². The van der Waals surface area contributed by atoms with Gasteiger partial charge < -0.3 is 9.42 Å². The first-order valence-corrected chi connectivity index (χ1v) is 8.52. The third-order valence-electron chi connectivity index (χ3n) is 3.71. The van der Waals surface area contributed by atoms with Crippen LogP contribution in [0.3, 0.4) is 0 Å². The third-order valence-corrected chi connectivity index (χ3v) is 4.74. The summed E-state index contributed by atoms with van der Waals surface area (Å²) in [5.74, 6) is 0.00342. The molecular formula is C17H21ClN4O2S. The average molecular weight is 381 g/mol. The summed E-state index contributed by atoms with van der Waals surface area (Å²) in [6, 6.07) is 5.79. The molecule has 3 rings (SSSR count). The standard InChI is InChI=1S/C17H20N4O2S.ClH/c1-11-9-12(2)15-14(10-11)24-17(19-15)21(8-7-20(3)4)16(22)13-5-6-18-23-13;/h5-6,9-10H,7-8H2,1-4H3;1H. The van der Waals surface area contributed by atoms with E-state index in [-0.39, 0.29) is 24.1 Å². The molecule has 0 saturated heterocycles. The molecule has 0 aliphatic heterocycles. The Balaban J connectivity index is 0.00000225. The Morgan fingerprint density at radius 1 is 1.24 bits per heavy atom. The number of fused-ring (bicyclic) bond motifs is 1. The maximum Gasteiger partial charge on any atom is 0.298 e. The zero-order valence-corrected chi connectivity index (χ0v) is 16.3. The Bertz CT molecular complexity index is 861. The maximum atomic E-state index is 12.8. The summed E-state index contributed by atoms with van der Waals surface area (Å²) in [7, 11) is 3.95. The van der Waals surface area contributed by atoms with Crippen LogP contribution in [-0.4, -0.2) is 48.1 Å². The highest BCUT2D eigenvalue weighted by Gasteiger charge is 2.24. The summed E-state index contributed by atoms with van der Waals surface area (Å²) < 4.78 is 6.13. The Labute approximate surface area is 156 Å². The molecule has 134 valence electrons. The normalized spacial score (nSPS) is 10.9. The summed E-state index contributed by atoms with van der Waals surface area (Å²) >= 11 is 1.52. The van der Waals surface area contributed by atoms with E-state index in [0.717, 1.165) is 22.3 Å². The van der Waals surface area contributed by atoms with Crippen molar-refractivity contribution in [1.29, 1.82) is 0 Å². The molecule has 0 N–H and O–H groups in total. The molecule has 0 unspecified atom stereocenters. The lowest BCUT2D eigenvalue weighted by Crippen LogP contribution is -2.36. The van der Waals surface area contributed by atoms with Crippen LogP contribution in [0.4, 0.5) is 5.13 Å². The van der Waals surface area contributed by atoms with Gasteiger partial charge in [0.15, 0.2) is 5.13 Å². The Hall–Kier alpha value is -1.96. The smallest absolute Gasteiger partial charge is 0.298 e. The Morgan fingerprint density at radius 2 is 2.00 bits per heavy atom. The van der Waals surface area contributed by atoms with Crippen LogP contribution in [0.15, 0.2) is 28.9 Å². The number of carbonyl (C=O) groups excluding carboxylic acids is 1. The summed E-state index contributed by atoms with van der Waals surface area (Å²) in [5.41, 5.74) is 3.25. The molecule has 2 aromatic heterocycles. The second-order valence-electron chi connectivity index (χ2n) is 6.06. The SMILES string of the molecule is Cc1cc(C)c2nc(N(CCN(C)C)C(=O)c3ccno3)sc2c1.Cl. The van der Waals surface area contributed by atoms with Crippen LogP contribution in [0.1, 0.15) is 21.7 Å². The number of carbonyl (C=O) groups is 1. The summed E-state index contributed by atoms with van der Waals surface area (Å²) in [6.45, 7) is 5.37. The molecule has 0 saturated carbocycles. The molecule has 1 aromatic carbocycles. The maximum absolute atomic E-state index is 12.8. The van der Waals surface area contributed by atoms with Crippen molar-refractivity contribution in [3.63, 3.8) is 0 Å². The van der Waals surface area contributed by atoms with Crippen molar-refractivity contribution in [3.8, 4) is 0 Å². The Morgan fingerprint density at radius 3 is 2.64 bits per heavy atom. The highest BCUT2D eigenvalue weighted by atomic mass is 35.5. The van der Waals surface area contributed by atoms with Crippen LogP contribution < -0.4 is 4.90 Å². The number of hydrogen-bond acceptors (Lipinski definition) is 6. The number of nitrogens with zero attached hydrogens (tertiary/aromatic N) is 4. The molecule has 0 spiro atoms. The van der Waals surface area contributed by atoms with Gasteiger partial charge in [-0.15, -0.1) is 12.4 Å². The molecule has 3 aromatic rings. The second-order valence-corrected chi connectivity index (χ2v) is 7.07. The van der Waals surface area contributed by atoms with E-state index in [9.17, 15) is 4.79 Å². The minimum Gasteiger partial charge on any atom is -0.351 e. The van der Waals surface area contributed by atoms with Gasteiger partial charge in [0.05, 0.1) is 16.4 Å². The highest BCUT2D eigenvalue weighted by molar-refractivity contribution is 7.22. The van der Waals surface area contributed by atoms with Gasteiger partial charge in [-0.1, -0.05) is 22.6 Å². The van der Waals surface area contributed by atoms with Gasteiger partial charge in [0.25, 0.3) is 5.91 Å². The molecule has 0 aliphatic carbocycles. The highest BCUT2D eigenvalue weighted by Crippen LogP contribution is 2.32. The van der Waals surface area contributed by atoms with Crippen LogP contribution in [-0.2, 0) is 0 Å². The lowest BCUT2D eigenvalue weighted by atomic mass is 10.1. The van der Waals surface area contributed by atoms with Crippen molar-refractivity contribution in [1.82, 2.24) is 15.0 Å². The van der Waals surface area contributed by atoms with E-state index in [1.54, 1.807) is 11.0 Å². The molecule has 0 bridgehead atoms. The fourth-order valence-corrected chi connectivity index (χ4v) is 3.68. The van der Waals surface area contributed by atoms with Crippen LogP contribution in [0, 0.1) is 13.8 Å². The van der Waals surface area contributed by atoms with Crippen LogP contribution in [0.5, 0.6) is 0 Å². The number of aromatic nitrogens is 2. The predicted molar refractivity (Wildman–Crippen MR) is 103 cm³/mol. The first kappa shape index (κ1) is 19.4. The monoisotopic (exact) mass is 380 g/mol. The van der Waals surface area contributed by atoms with E-state index in [4.69, 9.17) is 9.51 Å². The number of likely N-dealkylation sites (N-methyl/N-ethyl adjacent to an activating group) is 1. The first-order chi connectivity index (χ1) is 11.5. The zero-order valence-electron chi connectivity index (χ0n) is 14.6. The van der Waals surface area contributed by atoms with Crippen LogP contribution in [0.25, 0.3) is 10.2 Å². The number of thiazole rings is 1. The summed E-state index contributed by atoms with van der Waals surface area (Å²) in [6.07, 6.45) is 1.48. The van der Waals surface area contributed by atoms with Crippen molar-refractivity contribution in [2.24, 2.45) is 0 Å². The van der Waals surface area contributed by atoms with Crippen molar-refractivity contribution in [3.05, 3.63) is 41.3 Å². The molecule has 8 heteroatoms. The number of amides is 1. The largest absolute Gasteiger partial charge is 0.351 e. The lowest BCUT2D eigenvalue weighted by Gasteiger charge is -2.20. The van der Waals surface area contributed by atoms with E-state index in [0.29, 0.717) is 11.7 Å². The second kappa shape index (κ2) is 7.95. The number of halogens is 1. The van der Waals surface area contributed by atoms with E-state index in [2.05, 4.69) is 24.2 Å². The summed E-state index contributed by atoms with van der Waals surface area (Å²) in [4.78, 5) is 21.2. The van der Waals surface area contributed by atoms with Crippen molar-refractivity contribution in [2.75, 3.05) is 32.1 Å². The van der Waals surface area contributed by atoms with Gasteiger partial charge in [0.2, 0.25) is 5.76 Å². The van der Waals surface area contributed by atoms with E-state index in [1.165, 1.54) is 23.1 Å². The molecule has 0 fully saturated rings. The Kier molecular flexibility index (Phi) is 6.16. The van der Waals surface area contributed by atoms with Gasteiger partial charge in [0.1, 0.15) is 0 Å². The fraction of sp³-hybridized carbons (Fsp3) is 0.353. The van der Waals surface area contributed by atoms with E-state index >= 15 is 0 Å². The molecule has 0 aliphatic rings.